The molecule has 9 heteroatoms. The van der Waals surface area contributed by atoms with E-state index in [1.807, 2.05) is 0 Å². The second-order valence-corrected chi connectivity index (χ2v) is 6.26. The molecule has 1 aromatic heterocycles. The monoisotopic (exact) mass is 393 g/mol. The van der Waals surface area contributed by atoms with Gasteiger partial charge in [0.15, 0.2) is 11.2 Å². The van der Waals surface area contributed by atoms with Crippen molar-refractivity contribution in [1.29, 1.82) is 0 Å². The highest BCUT2D eigenvalue weighted by molar-refractivity contribution is 6.18. The largest absolute Gasteiger partial charge is 0.573 e. The maximum atomic E-state index is 13.0. The van der Waals surface area contributed by atoms with Crippen LogP contribution in [-0.2, 0) is 10.2 Å². The molecule has 0 radical (unpaired) electrons. The molecule has 0 aliphatic heterocycles. The van der Waals surface area contributed by atoms with Gasteiger partial charge in [0, 0.05) is 28.2 Å². The Balaban J connectivity index is 2.05. The van der Waals surface area contributed by atoms with Gasteiger partial charge in [0.25, 0.3) is 0 Å². The second-order valence-electron chi connectivity index (χ2n) is 6.26. The maximum absolute atomic E-state index is 13.0. The summed E-state index contributed by atoms with van der Waals surface area (Å²) in [7, 11) is 0. The van der Waals surface area contributed by atoms with Crippen LogP contribution in [0.1, 0.15) is 22.8 Å². The van der Waals surface area contributed by atoms with Crippen molar-refractivity contribution in [3.63, 3.8) is 0 Å². The Hall–Kier alpha value is -3.49. The zero-order valence-corrected chi connectivity index (χ0v) is 14.4. The summed E-state index contributed by atoms with van der Waals surface area (Å²) < 4.78 is 40.6. The number of nitrogens with one attached hydrogen (secondary N) is 1. The molecule has 0 saturated carbocycles. The van der Waals surface area contributed by atoms with Crippen LogP contribution in [0.3, 0.4) is 0 Å². The average Bonchev–Trinajstić information content (AvgIpc) is 3.03. The van der Waals surface area contributed by atoms with Gasteiger partial charge in [0.1, 0.15) is 11.5 Å². The molecule has 1 heterocycles. The van der Waals surface area contributed by atoms with Gasteiger partial charge < -0.3 is 19.9 Å². The molecular weight excluding hydrogens is 379 g/mol. The number of halogens is 3. The number of alkyl halides is 3. The first-order chi connectivity index (χ1) is 13.0. The van der Waals surface area contributed by atoms with Gasteiger partial charge in [-0.15, -0.1) is 13.2 Å². The van der Waals surface area contributed by atoms with E-state index in [1.54, 1.807) is 0 Å². The van der Waals surface area contributed by atoms with Crippen LogP contribution in [0.5, 0.6) is 11.5 Å². The van der Waals surface area contributed by atoms with Crippen LogP contribution in [0, 0.1) is 0 Å². The zero-order chi connectivity index (χ0) is 20.7. The number of H-pyrrole nitrogens is 1. The summed E-state index contributed by atoms with van der Waals surface area (Å²) in [5, 5.41) is 19.8. The Labute approximate surface area is 156 Å². The van der Waals surface area contributed by atoms with Crippen LogP contribution >= 0.6 is 0 Å². The number of phenols is 1. The lowest BCUT2D eigenvalue weighted by Gasteiger charge is -2.23. The summed E-state index contributed by atoms with van der Waals surface area (Å²) in [4.78, 5) is 27.9. The zero-order valence-electron chi connectivity index (χ0n) is 14.4. The number of carboxylic acid groups (broad SMARTS) is 1. The van der Waals surface area contributed by atoms with Crippen molar-refractivity contribution in [2.75, 3.05) is 0 Å². The molecule has 3 aromatic rings. The van der Waals surface area contributed by atoms with Crippen LogP contribution in [0.25, 0.3) is 10.9 Å². The van der Waals surface area contributed by atoms with E-state index < -0.39 is 29.3 Å². The SMILES string of the molecule is CC(C(=O)O)(C(=O)c1ccc(OC(F)(F)F)cc1)c1c[nH]c2ccc(O)cc12. The lowest BCUT2D eigenvalue weighted by molar-refractivity contribution is -0.274. The standard InChI is InChI=1S/C19H14F3NO5/c1-18(17(26)27,14-9-23-15-7-4-11(24)8-13(14)15)16(25)10-2-5-12(6-3-10)28-19(20,21)22/h2-9,23-24H,1H3,(H,26,27). The summed E-state index contributed by atoms with van der Waals surface area (Å²) >= 11 is 0. The number of carbonyl (C=O) groups is 2. The first-order valence-electron chi connectivity index (χ1n) is 7.97. The molecule has 6 nitrogen and oxygen atoms in total. The topological polar surface area (TPSA) is 99.6 Å². The van der Waals surface area contributed by atoms with Crippen LogP contribution in [0.15, 0.2) is 48.7 Å². The lowest BCUT2D eigenvalue weighted by Crippen LogP contribution is -2.40. The van der Waals surface area contributed by atoms with Gasteiger partial charge >= 0.3 is 12.3 Å². The van der Waals surface area contributed by atoms with E-state index in [2.05, 4.69) is 9.72 Å². The van der Waals surface area contributed by atoms with Gasteiger partial charge in [0.05, 0.1) is 0 Å². The van der Waals surface area contributed by atoms with Gasteiger partial charge in [0.2, 0.25) is 0 Å². The third kappa shape index (κ3) is 3.38. The summed E-state index contributed by atoms with van der Waals surface area (Å²) in [5.41, 5.74) is -1.51. The number of aromatic amines is 1. The normalized spacial score (nSPS) is 13.9. The molecule has 0 aliphatic carbocycles. The molecule has 3 N–H and O–H groups in total. The van der Waals surface area contributed by atoms with E-state index in [-0.39, 0.29) is 16.9 Å². The predicted molar refractivity (Wildman–Crippen MR) is 92.4 cm³/mol. The molecule has 1 atom stereocenters. The van der Waals surface area contributed by atoms with Gasteiger partial charge in [-0.3, -0.25) is 9.59 Å². The van der Waals surface area contributed by atoms with Crippen LogP contribution in [0.2, 0.25) is 0 Å². The minimum absolute atomic E-state index is 0.103. The fourth-order valence-electron chi connectivity index (χ4n) is 2.95. The number of benzene rings is 2. The number of carboxylic acids is 1. The fraction of sp³-hybridized carbons (Fsp3) is 0.158. The third-order valence-corrected chi connectivity index (χ3v) is 4.44. The Bertz CT molecular complexity index is 1060. The number of aromatic nitrogens is 1. The van der Waals surface area contributed by atoms with E-state index in [0.717, 1.165) is 24.3 Å². The number of rotatable bonds is 5. The maximum Gasteiger partial charge on any atom is 0.573 e. The molecule has 0 saturated heterocycles. The number of phenolic OH excluding ortho intramolecular Hbond substituents is 1. The number of aromatic hydroxyl groups is 1. The molecule has 146 valence electrons. The number of ether oxygens (including phenoxy) is 1. The Kier molecular flexibility index (Phi) is 4.54. The van der Waals surface area contributed by atoms with E-state index in [0.29, 0.717) is 10.9 Å². The number of aliphatic carboxylic acids is 1. The number of fused-ring (bicyclic) bond motifs is 1. The molecule has 0 bridgehead atoms. The average molecular weight is 393 g/mol. The third-order valence-electron chi connectivity index (χ3n) is 4.44. The second kappa shape index (κ2) is 6.59. The van der Waals surface area contributed by atoms with Gasteiger partial charge in [-0.1, -0.05) is 0 Å². The van der Waals surface area contributed by atoms with Crippen molar-refractivity contribution in [3.05, 3.63) is 59.8 Å². The predicted octanol–water partition coefficient (Wildman–Crippen LogP) is 4.00. The molecule has 0 spiro atoms. The smallest absolute Gasteiger partial charge is 0.508 e. The Morgan fingerprint density at radius 3 is 2.29 bits per heavy atom. The molecular formula is C19H14F3NO5. The van der Waals surface area contributed by atoms with E-state index in [4.69, 9.17) is 0 Å². The summed E-state index contributed by atoms with van der Waals surface area (Å²) in [6.07, 6.45) is -3.52. The minimum atomic E-state index is -4.88. The molecule has 2 aromatic carbocycles. The first kappa shape index (κ1) is 19.3. The number of carbonyl (C=O) groups excluding carboxylic acids is 1. The molecule has 1 unspecified atom stereocenters. The number of hydrogen-bond donors (Lipinski definition) is 3. The summed E-state index contributed by atoms with van der Waals surface area (Å²) in [6, 6.07) is 8.27. The number of Topliss-reactive ketones (excluding diaryl/α,β-unsaturated/α-hetero) is 1. The molecule has 0 amide bonds. The van der Waals surface area contributed by atoms with Gasteiger partial charge in [-0.25, -0.2) is 0 Å². The van der Waals surface area contributed by atoms with Gasteiger partial charge in [-0.05, 0) is 49.4 Å². The van der Waals surface area contributed by atoms with Crippen LogP contribution in [0.4, 0.5) is 13.2 Å². The van der Waals surface area contributed by atoms with E-state index in [9.17, 15) is 33.0 Å². The fourth-order valence-corrected chi connectivity index (χ4v) is 2.95. The van der Waals surface area contributed by atoms with Crippen molar-refractivity contribution in [2.24, 2.45) is 0 Å². The molecule has 28 heavy (non-hydrogen) atoms. The Morgan fingerprint density at radius 2 is 1.71 bits per heavy atom. The first-order valence-corrected chi connectivity index (χ1v) is 7.97. The molecule has 0 fully saturated rings. The molecule has 3 rings (SSSR count). The van der Waals surface area contributed by atoms with Crippen molar-refractivity contribution in [1.82, 2.24) is 4.98 Å². The quantitative estimate of drug-likeness (QED) is 0.450. The van der Waals surface area contributed by atoms with Crippen molar-refractivity contribution in [3.8, 4) is 11.5 Å². The number of hydrogen-bond acceptors (Lipinski definition) is 4. The highest BCUT2D eigenvalue weighted by atomic mass is 19.4. The van der Waals surface area contributed by atoms with E-state index in [1.165, 1.54) is 31.3 Å². The summed E-state index contributed by atoms with van der Waals surface area (Å²) in [6.45, 7) is 1.20. The summed E-state index contributed by atoms with van der Waals surface area (Å²) in [5.74, 6) is -2.92. The van der Waals surface area contributed by atoms with Crippen LogP contribution < -0.4 is 4.74 Å². The Morgan fingerprint density at radius 1 is 1.07 bits per heavy atom. The van der Waals surface area contributed by atoms with Crippen LogP contribution in [-0.4, -0.2) is 33.3 Å². The highest BCUT2D eigenvalue weighted by Crippen LogP contribution is 2.36. The van der Waals surface area contributed by atoms with Crippen molar-refractivity contribution >= 4 is 22.7 Å². The van der Waals surface area contributed by atoms with Crippen molar-refractivity contribution in [2.45, 2.75) is 18.7 Å². The van der Waals surface area contributed by atoms with Gasteiger partial charge in [-0.2, -0.15) is 0 Å². The number of ketones is 1. The highest BCUT2D eigenvalue weighted by Gasteiger charge is 2.45. The van der Waals surface area contributed by atoms with E-state index >= 15 is 0 Å². The van der Waals surface area contributed by atoms with Crippen molar-refractivity contribution < 1.29 is 37.7 Å². The molecule has 0 aliphatic rings. The lowest BCUT2D eigenvalue weighted by atomic mass is 9.76. The minimum Gasteiger partial charge on any atom is -0.508 e.